The number of methoxy groups -OCH3 is 1. The van der Waals surface area contributed by atoms with Crippen LogP contribution in [0, 0.1) is 0 Å². The molecule has 0 radical (unpaired) electrons. The summed E-state index contributed by atoms with van der Waals surface area (Å²) in [7, 11) is 1.59. The minimum absolute atomic E-state index is 0.0874. The highest BCUT2D eigenvalue weighted by molar-refractivity contribution is 6.06. The zero-order chi connectivity index (χ0) is 20.4. The molecule has 3 aromatic rings. The summed E-state index contributed by atoms with van der Waals surface area (Å²) < 4.78 is 7.18. The molecule has 2 amide bonds. The summed E-state index contributed by atoms with van der Waals surface area (Å²) in [5, 5.41) is 3.88. The van der Waals surface area contributed by atoms with Gasteiger partial charge < -0.3 is 19.5 Å². The third-order valence-corrected chi connectivity index (χ3v) is 5.44. The Kier molecular flexibility index (Phi) is 5.25. The number of anilines is 1. The molecule has 4 rings (SSSR count). The Morgan fingerprint density at radius 1 is 1.03 bits per heavy atom. The normalized spacial score (nSPS) is 13.7. The molecule has 1 saturated heterocycles. The van der Waals surface area contributed by atoms with E-state index >= 15 is 0 Å². The molecule has 6 heteroatoms. The Labute approximate surface area is 170 Å². The van der Waals surface area contributed by atoms with Crippen LogP contribution in [0.5, 0.6) is 5.75 Å². The number of fused-ring (bicyclic) bond motifs is 1. The third-order valence-electron chi connectivity index (χ3n) is 5.44. The Morgan fingerprint density at radius 3 is 2.41 bits per heavy atom. The number of carbonyl (C=O) groups excluding carboxylic acids is 2. The Bertz CT molecular complexity index is 1050. The van der Waals surface area contributed by atoms with Crippen LogP contribution in [0.3, 0.4) is 0 Å². The Balaban J connectivity index is 1.60. The van der Waals surface area contributed by atoms with Gasteiger partial charge in [0.15, 0.2) is 0 Å². The van der Waals surface area contributed by atoms with Crippen molar-refractivity contribution in [2.24, 2.45) is 0 Å². The van der Waals surface area contributed by atoms with Crippen molar-refractivity contribution in [2.45, 2.75) is 26.3 Å². The number of hydrogen-bond donors (Lipinski definition) is 1. The molecule has 0 bridgehead atoms. The number of carbonyl (C=O) groups is 2. The van der Waals surface area contributed by atoms with E-state index in [1.165, 1.54) is 0 Å². The molecule has 0 spiro atoms. The molecule has 2 aromatic carbocycles. The first-order valence-corrected chi connectivity index (χ1v) is 9.98. The molecule has 1 aliphatic rings. The van der Waals surface area contributed by atoms with Gasteiger partial charge in [0.1, 0.15) is 11.4 Å². The molecule has 0 aliphatic carbocycles. The first-order chi connectivity index (χ1) is 14.1. The van der Waals surface area contributed by atoms with E-state index in [1.807, 2.05) is 40.7 Å². The lowest BCUT2D eigenvalue weighted by Crippen LogP contribution is -2.29. The average molecular weight is 391 g/mol. The van der Waals surface area contributed by atoms with Gasteiger partial charge in [-0.1, -0.05) is 0 Å². The van der Waals surface area contributed by atoms with Crippen LogP contribution in [0.1, 0.15) is 40.6 Å². The smallest absolute Gasteiger partial charge is 0.270 e. The van der Waals surface area contributed by atoms with Crippen LogP contribution in [0.15, 0.2) is 48.5 Å². The Morgan fingerprint density at radius 2 is 1.76 bits per heavy atom. The van der Waals surface area contributed by atoms with Crippen molar-refractivity contribution in [3.05, 3.63) is 59.8 Å². The van der Waals surface area contributed by atoms with Crippen molar-refractivity contribution in [3.63, 3.8) is 0 Å². The molecule has 29 heavy (non-hydrogen) atoms. The van der Waals surface area contributed by atoms with E-state index in [4.69, 9.17) is 4.74 Å². The number of likely N-dealkylation sites (tertiary alicyclic amines) is 1. The summed E-state index contributed by atoms with van der Waals surface area (Å²) in [6, 6.07) is 14.7. The minimum Gasteiger partial charge on any atom is -0.497 e. The maximum absolute atomic E-state index is 12.9. The largest absolute Gasteiger partial charge is 0.497 e. The van der Waals surface area contributed by atoms with Gasteiger partial charge >= 0.3 is 0 Å². The van der Waals surface area contributed by atoms with E-state index in [0.29, 0.717) is 22.7 Å². The van der Waals surface area contributed by atoms with Gasteiger partial charge in [-0.05, 0) is 68.3 Å². The van der Waals surface area contributed by atoms with E-state index < -0.39 is 0 Å². The predicted molar refractivity (Wildman–Crippen MR) is 114 cm³/mol. The van der Waals surface area contributed by atoms with E-state index in [9.17, 15) is 9.59 Å². The molecule has 0 saturated carbocycles. The van der Waals surface area contributed by atoms with E-state index in [-0.39, 0.29) is 11.8 Å². The monoisotopic (exact) mass is 391 g/mol. The summed E-state index contributed by atoms with van der Waals surface area (Å²) in [5.74, 6) is 0.610. The van der Waals surface area contributed by atoms with Crippen molar-refractivity contribution in [1.29, 1.82) is 0 Å². The highest BCUT2D eigenvalue weighted by Crippen LogP contribution is 2.26. The van der Waals surface area contributed by atoms with Crippen LogP contribution in [-0.4, -0.2) is 41.5 Å². The van der Waals surface area contributed by atoms with Crippen LogP contribution in [0.25, 0.3) is 10.9 Å². The number of benzene rings is 2. The van der Waals surface area contributed by atoms with Gasteiger partial charge in [-0.3, -0.25) is 9.59 Å². The number of amides is 2. The summed E-state index contributed by atoms with van der Waals surface area (Å²) in [6.45, 7) is 4.41. The predicted octanol–water partition coefficient (Wildman–Crippen LogP) is 4.16. The van der Waals surface area contributed by atoms with Gasteiger partial charge in [0, 0.05) is 41.8 Å². The van der Waals surface area contributed by atoms with E-state index in [2.05, 4.69) is 5.32 Å². The van der Waals surface area contributed by atoms with Crippen molar-refractivity contribution in [3.8, 4) is 5.75 Å². The van der Waals surface area contributed by atoms with Crippen LogP contribution in [-0.2, 0) is 6.54 Å². The van der Waals surface area contributed by atoms with Crippen LogP contribution in [0.2, 0.25) is 0 Å². The van der Waals surface area contributed by atoms with Crippen molar-refractivity contribution in [2.75, 3.05) is 25.5 Å². The minimum atomic E-state index is -0.185. The summed E-state index contributed by atoms with van der Waals surface area (Å²) in [4.78, 5) is 27.4. The second-order valence-corrected chi connectivity index (χ2v) is 7.23. The maximum atomic E-state index is 12.9. The van der Waals surface area contributed by atoms with Crippen molar-refractivity contribution < 1.29 is 14.3 Å². The van der Waals surface area contributed by atoms with E-state index in [0.717, 1.165) is 43.4 Å². The molecular weight excluding hydrogens is 366 g/mol. The number of aryl methyl sites for hydroxylation is 1. The number of hydrogen-bond acceptors (Lipinski definition) is 3. The van der Waals surface area contributed by atoms with Gasteiger partial charge in [-0.25, -0.2) is 0 Å². The molecule has 1 aliphatic heterocycles. The number of rotatable bonds is 5. The van der Waals surface area contributed by atoms with Gasteiger partial charge in [0.25, 0.3) is 11.8 Å². The van der Waals surface area contributed by atoms with Gasteiger partial charge in [0.05, 0.1) is 7.11 Å². The molecular formula is C23H25N3O3. The molecule has 2 heterocycles. The molecule has 1 N–H and O–H groups in total. The number of aromatic nitrogens is 1. The lowest BCUT2D eigenvalue weighted by molar-refractivity contribution is 0.0782. The maximum Gasteiger partial charge on any atom is 0.270 e. The average Bonchev–Trinajstić information content (AvgIpc) is 3.41. The van der Waals surface area contributed by atoms with Gasteiger partial charge in [-0.2, -0.15) is 0 Å². The standard InChI is InChI=1S/C23H25N3O3/c1-3-26-20-11-8-18(24-22(27)16-6-9-19(29-2)10-7-16)14-17(20)15-21(26)23(28)25-12-4-5-13-25/h6-11,14-15H,3-5,12-13H2,1-2H3,(H,24,27). The second kappa shape index (κ2) is 7.99. The van der Waals surface area contributed by atoms with Crippen LogP contribution < -0.4 is 10.1 Å². The molecule has 1 aromatic heterocycles. The topological polar surface area (TPSA) is 63.6 Å². The highest BCUT2D eigenvalue weighted by atomic mass is 16.5. The summed E-state index contributed by atoms with van der Waals surface area (Å²) in [5.41, 5.74) is 2.97. The fourth-order valence-corrected chi connectivity index (χ4v) is 3.89. The van der Waals surface area contributed by atoms with Crippen LogP contribution in [0.4, 0.5) is 5.69 Å². The Hall–Kier alpha value is -3.28. The lowest BCUT2D eigenvalue weighted by Gasteiger charge is -2.16. The number of ether oxygens (including phenoxy) is 1. The molecule has 0 unspecified atom stereocenters. The van der Waals surface area contributed by atoms with Crippen molar-refractivity contribution in [1.82, 2.24) is 9.47 Å². The highest BCUT2D eigenvalue weighted by Gasteiger charge is 2.23. The lowest BCUT2D eigenvalue weighted by atomic mass is 10.2. The third kappa shape index (κ3) is 3.70. The first-order valence-electron chi connectivity index (χ1n) is 9.98. The second-order valence-electron chi connectivity index (χ2n) is 7.23. The zero-order valence-corrected chi connectivity index (χ0v) is 16.8. The molecule has 0 atom stereocenters. The quantitative estimate of drug-likeness (QED) is 0.710. The number of nitrogens with one attached hydrogen (secondary N) is 1. The zero-order valence-electron chi connectivity index (χ0n) is 16.8. The number of nitrogens with zero attached hydrogens (tertiary/aromatic N) is 2. The summed E-state index contributed by atoms with van der Waals surface area (Å²) in [6.07, 6.45) is 2.14. The SMILES string of the molecule is CCn1c(C(=O)N2CCCC2)cc2cc(NC(=O)c3ccc(OC)cc3)ccc21. The molecule has 6 nitrogen and oxygen atoms in total. The fourth-order valence-electron chi connectivity index (χ4n) is 3.89. The molecule has 150 valence electrons. The first kappa shape index (κ1) is 19.1. The van der Waals surface area contributed by atoms with Crippen LogP contribution >= 0.6 is 0 Å². The van der Waals surface area contributed by atoms with Gasteiger partial charge in [0.2, 0.25) is 0 Å². The molecule has 1 fully saturated rings. The van der Waals surface area contributed by atoms with Gasteiger partial charge in [-0.15, -0.1) is 0 Å². The fraction of sp³-hybridized carbons (Fsp3) is 0.304. The van der Waals surface area contributed by atoms with E-state index in [1.54, 1.807) is 31.4 Å². The summed E-state index contributed by atoms with van der Waals surface area (Å²) >= 11 is 0. The van der Waals surface area contributed by atoms with Crippen molar-refractivity contribution >= 4 is 28.4 Å².